The Balaban J connectivity index is 0.000000120. The highest BCUT2D eigenvalue weighted by atomic mass is 16.3. The molecular formula is C8H16O4. The molecule has 0 bridgehead atoms. The molecule has 0 atom stereocenters. The standard InChI is InChI=1S/2C4H8O2/c2*5-3-1-4(6)2-3/h2*3-6H,1-2H2. The van der Waals surface area contributed by atoms with Gasteiger partial charge in [0.1, 0.15) is 0 Å². The number of hydrogen-bond acceptors (Lipinski definition) is 4. The normalized spacial score (nSPS) is 45.0. The lowest BCUT2D eigenvalue weighted by Crippen LogP contribution is -2.32. The first-order chi connectivity index (χ1) is 5.58. The van der Waals surface area contributed by atoms with Crippen LogP contribution < -0.4 is 0 Å². The van der Waals surface area contributed by atoms with E-state index in [2.05, 4.69) is 0 Å². The summed E-state index contributed by atoms with van der Waals surface area (Å²) in [5, 5.41) is 33.8. The average molecular weight is 176 g/mol. The molecular weight excluding hydrogens is 160 g/mol. The van der Waals surface area contributed by atoms with Crippen molar-refractivity contribution in [1.29, 1.82) is 0 Å². The Morgan fingerprint density at radius 1 is 0.500 bits per heavy atom. The molecule has 2 aliphatic carbocycles. The van der Waals surface area contributed by atoms with E-state index in [-0.39, 0.29) is 24.4 Å². The Bertz CT molecular complexity index is 99.0. The fourth-order valence-electron chi connectivity index (χ4n) is 1.12. The van der Waals surface area contributed by atoms with Gasteiger partial charge in [-0.2, -0.15) is 0 Å². The second kappa shape index (κ2) is 4.18. The third-order valence-electron chi connectivity index (χ3n) is 2.18. The minimum atomic E-state index is -0.208. The van der Waals surface area contributed by atoms with Gasteiger partial charge in [0.15, 0.2) is 0 Å². The maximum Gasteiger partial charge on any atom is 0.0589 e. The van der Waals surface area contributed by atoms with Gasteiger partial charge in [0.05, 0.1) is 24.4 Å². The van der Waals surface area contributed by atoms with Crippen LogP contribution in [0.3, 0.4) is 0 Å². The Hall–Kier alpha value is -0.160. The lowest BCUT2D eigenvalue weighted by molar-refractivity contribution is -0.0256. The van der Waals surface area contributed by atoms with Crippen LogP contribution in [0.2, 0.25) is 0 Å². The third-order valence-corrected chi connectivity index (χ3v) is 2.18. The zero-order chi connectivity index (χ0) is 9.14. The molecule has 0 aromatic heterocycles. The lowest BCUT2D eigenvalue weighted by Gasteiger charge is -2.25. The summed E-state index contributed by atoms with van der Waals surface area (Å²) in [6, 6.07) is 0. The van der Waals surface area contributed by atoms with Gasteiger partial charge in [0, 0.05) is 0 Å². The zero-order valence-corrected chi connectivity index (χ0v) is 6.93. The number of rotatable bonds is 0. The van der Waals surface area contributed by atoms with Crippen LogP contribution in [0.4, 0.5) is 0 Å². The molecule has 0 radical (unpaired) electrons. The third kappa shape index (κ3) is 3.06. The summed E-state index contributed by atoms with van der Waals surface area (Å²) >= 11 is 0. The molecule has 12 heavy (non-hydrogen) atoms. The summed E-state index contributed by atoms with van der Waals surface area (Å²) in [5.74, 6) is 0. The van der Waals surface area contributed by atoms with E-state index in [1.54, 1.807) is 0 Å². The summed E-state index contributed by atoms with van der Waals surface area (Å²) in [4.78, 5) is 0. The van der Waals surface area contributed by atoms with Crippen LogP contribution in [-0.2, 0) is 0 Å². The molecule has 0 saturated heterocycles. The van der Waals surface area contributed by atoms with Crippen molar-refractivity contribution in [2.45, 2.75) is 50.1 Å². The minimum Gasteiger partial charge on any atom is -0.393 e. The molecule has 72 valence electrons. The van der Waals surface area contributed by atoms with E-state index in [0.29, 0.717) is 25.7 Å². The van der Waals surface area contributed by atoms with Crippen molar-refractivity contribution in [1.82, 2.24) is 0 Å². The fraction of sp³-hybridized carbons (Fsp3) is 1.00. The van der Waals surface area contributed by atoms with Crippen molar-refractivity contribution in [2.24, 2.45) is 0 Å². The fourth-order valence-corrected chi connectivity index (χ4v) is 1.12. The molecule has 0 aromatic carbocycles. The Labute approximate surface area is 71.5 Å². The molecule has 0 spiro atoms. The van der Waals surface area contributed by atoms with Crippen molar-refractivity contribution in [3.05, 3.63) is 0 Å². The van der Waals surface area contributed by atoms with Gasteiger partial charge in [-0.15, -0.1) is 0 Å². The molecule has 2 rings (SSSR count). The molecule has 2 saturated carbocycles. The van der Waals surface area contributed by atoms with E-state index in [0.717, 1.165) is 0 Å². The number of aliphatic hydroxyl groups is 4. The topological polar surface area (TPSA) is 80.9 Å². The van der Waals surface area contributed by atoms with E-state index in [9.17, 15) is 0 Å². The van der Waals surface area contributed by atoms with Gasteiger partial charge in [-0.1, -0.05) is 0 Å². The van der Waals surface area contributed by atoms with Gasteiger partial charge in [0.25, 0.3) is 0 Å². The quantitative estimate of drug-likeness (QED) is 0.382. The molecule has 0 aliphatic heterocycles. The van der Waals surface area contributed by atoms with Gasteiger partial charge in [0.2, 0.25) is 0 Å². The Kier molecular flexibility index (Phi) is 3.46. The number of aliphatic hydroxyl groups excluding tert-OH is 4. The summed E-state index contributed by atoms with van der Waals surface area (Å²) in [7, 11) is 0. The molecule has 0 heterocycles. The maximum absolute atomic E-state index is 8.46. The summed E-state index contributed by atoms with van der Waals surface area (Å²) < 4.78 is 0. The predicted octanol–water partition coefficient (Wildman–Crippen LogP) is -0.996. The lowest BCUT2D eigenvalue weighted by atomic mass is 9.93. The second-order valence-corrected chi connectivity index (χ2v) is 3.56. The molecule has 4 heteroatoms. The van der Waals surface area contributed by atoms with E-state index in [1.165, 1.54) is 0 Å². The molecule has 2 fully saturated rings. The van der Waals surface area contributed by atoms with Crippen molar-refractivity contribution in [3.63, 3.8) is 0 Å². The van der Waals surface area contributed by atoms with Gasteiger partial charge in [-0.3, -0.25) is 0 Å². The first-order valence-corrected chi connectivity index (χ1v) is 4.30. The molecule has 0 amide bonds. The van der Waals surface area contributed by atoms with Crippen LogP contribution in [0.15, 0.2) is 0 Å². The maximum atomic E-state index is 8.46. The second-order valence-electron chi connectivity index (χ2n) is 3.56. The largest absolute Gasteiger partial charge is 0.393 e. The van der Waals surface area contributed by atoms with Crippen LogP contribution in [0.1, 0.15) is 25.7 Å². The van der Waals surface area contributed by atoms with Crippen LogP contribution in [0.5, 0.6) is 0 Å². The summed E-state index contributed by atoms with van der Waals surface area (Å²) in [6.45, 7) is 0. The first-order valence-electron chi connectivity index (χ1n) is 4.30. The van der Waals surface area contributed by atoms with Crippen LogP contribution in [0.25, 0.3) is 0 Å². The van der Waals surface area contributed by atoms with Crippen molar-refractivity contribution >= 4 is 0 Å². The summed E-state index contributed by atoms with van der Waals surface area (Å²) in [6.07, 6.45) is 1.50. The Morgan fingerprint density at radius 3 is 0.667 bits per heavy atom. The Morgan fingerprint density at radius 2 is 0.667 bits per heavy atom. The van der Waals surface area contributed by atoms with Gasteiger partial charge in [-0.05, 0) is 25.7 Å². The smallest absolute Gasteiger partial charge is 0.0589 e. The van der Waals surface area contributed by atoms with Crippen molar-refractivity contribution in [2.75, 3.05) is 0 Å². The van der Waals surface area contributed by atoms with E-state index in [4.69, 9.17) is 20.4 Å². The van der Waals surface area contributed by atoms with E-state index in [1.807, 2.05) is 0 Å². The summed E-state index contributed by atoms with van der Waals surface area (Å²) in [5.41, 5.74) is 0. The molecule has 0 aromatic rings. The SMILES string of the molecule is OC1CC(O)C1.OC1CC(O)C1. The van der Waals surface area contributed by atoms with Gasteiger partial charge in [-0.25, -0.2) is 0 Å². The molecule has 4 nitrogen and oxygen atoms in total. The highest BCUT2D eigenvalue weighted by Crippen LogP contribution is 2.18. The number of hydrogen-bond donors (Lipinski definition) is 4. The van der Waals surface area contributed by atoms with E-state index < -0.39 is 0 Å². The monoisotopic (exact) mass is 176 g/mol. The first kappa shape index (κ1) is 9.92. The molecule has 4 N–H and O–H groups in total. The zero-order valence-electron chi connectivity index (χ0n) is 6.93. The minimum absolute atomic E-state index is 0.208. The van der Waals surface area contributed by atoms with Crippen molar-refractivity contribution in [3.8, 4) is 0 Å². The molecule has 2 aliphatic rings. The van der Waals surface area contributed by atoms with Crippen LogP contribution >= 0.6 is 0 Å². The van der Waals surface area contributed by atoms with Crippen LogP contribution in [-0.4, -0.2) is 44.8 Å². The predicted molar refractivity (Wildman–Crippen MR) is 42.5 cm³/mol. The highest BCUT2D eigenvalue weighted by Gasteiger charge is 2.24. The van der Waals surface area contributed by atoms with Crippen LogP contribution in [0, 0.1) is 0 Å². The van der Waals surface area contributed by atoms with Gasteiger partial charge >= 0.3 is 0 Å². The van der Waals surface area contributed by atoms with E-state index >= 15 is 0 Å². The average Bonchev–Trinajstić information content (AvgIpc) is 1.84. The highest BCUT2D eigenvalue weighted by molar-refractivity contribution is 4.77. The van der Waals surface area contributed by atoms with Gasteiger partial charge < -0.3 is 20.4 Å². The molecule has 0 unspecified atom stereocenters. The van der Waals surface area contributed by atoms with Crippen molar-refractivity contribution < 1.29 is 20.4 Å².